The lowest BCUT2D eigenvalue weighted by atomic mass is 10.1. The number of hydrogen-bond acceptors (Lipinski definition) is 2. The molecule has 1 heterocycles. The Kier molecular flexibility index (Phi) is 2.75. The molecular weight excluding hydrogens is 210 g/mol. The first-order chi connectivity index (χ1) is 7.20. The van der Waals surface area contributed by atoms with Crippen molar-refractivity contribution in [3.8, 4) is 0 Å². The van der Waals surface area contributed by atoms with Crippen LogP contribution in [0.15, 0.2) is 36.7 Å². The highest BCUT2D eigenvalue weighted by Gasteiger charge is 2.15. The summed E-state index contributed by atoms with van der Waals surface area (Å²) in [4.78, 5) is 4.21. The van der Waals surface area contributed by atoms with E-state index in [0.717, 1.165) is 11.4 Å². The van der Waals surface area contributed by atoms with Crippen LogP contribution in [0.5, 0.6) is 0 Å². The van der Waals surface area contributed by atoms with Gasteiger partial charge in [0.1, 0.15) is 5.82 Å². The SMILES string of the molecule is Cn1ccnc1[C@@H](N)c1ccccc1Cl. The van der Waals surface area contributed by atoms with E-state index < -0.39 is 0 Å². The molecule has 0 amide bonds. The molecule has 4 heteroatoms. The van der Waals surface area contributed by atoms with Crippen LogP contribution in [0.2, 0.25) is 5.02 Å². The van der Waals surface area contributed by atoms with Crippen molar-refractivity contribution in [2.24, 2.45) is 12.8 Å². The Morgan fingerprint density at radius 2 is 2.13 bits per heavy atom. The van der Waals surface area contributed by atoms with Crippen molar-refractivity contribution in [1.82, 2.24) is 9.55 Å². The zero-order valence-electron chi connectivity index (χ0n) is 8.39. The Labute approximate surface area is 93.5 Å². The molecule has 0 aliphatic heterocycles. The molecule has 0 radical (unpaired) electrons. The predicted octanol–water partition coefficient (Wildman–Crippen LogP) is 2.12. The molecule has 2 rings (SSSR count). The molecule has 15 heavy (non-hydrogen) atoms. The number of aryl methyl sites for hydroxylation is 1. The number of nitrogens with zero attached hydrogens (tertiary/aromatic N) is 2. The molecule has 3 nitrogen and oxygen atoms in total. The van der Waals surface area contributed by atoms with E-state index in [2.05, 4.69) is 4.98 Å². The summed E-state index contributed by atoms with van der Waals surface area (Å²) in [5.74, 6) is 0.808. The molecular formula is C11H12ClN3. The van der Waals surface area contributed by atoms with Crippen LogP contribution in [0.1, 0.15) is 17.4 Å². The average Bonchev–Trinajstić information content (AvgIpc) is 2.64. The van der Waals surface area contributed by atoms with Gasteiger partial charge in [-0.2, -0.15) is 0 Å². The van der Waals surface area contributed by atoms with E-state index in [1.54, 1.807) is 6.20 Å². The highest BCUT2D eigenvalue weighted by molar-refractivity contribution is 6.31. The summed E-state index contributed by atoms with van der Waals surface area (Å²) in [5.41, 5.74) is 6.99. The summed E-state index contributed by atoms with van der Waals surface area (Å²) >= 11 is 6.07. The maximum Gasteiger partial charge on any atom is 0.130 e. The largest absolute Gasteiger partial charge is 0.336 e. The molecule has 2 aromatic rings. The van der Waals surface area contributed by atoms with Crippen molar-refractivity contribution in [3.05, 3.63) is 53.1 Å². The monoisotopic (exact) mass is 221 g/mol. The number of nitrogens with two attached hydrogens (primary N) is 1. The Balaban J connectivity index is 2.41. The standard InChI is InChI=1S/C11H12ClN3/c1-15-7-6-14-11(15)10(13)8-4-2-3-5-9(8)12/h2-7,10H,13H2,1H3/t10-/m0/s1. The summed E-state index contributed by atoms with van der Waals surface area (Å²) in [6, 6.07) is 7.28. The van der Waals surface area contributed by atoms with E-state index in [-0.39, 0.29) is 6.04 Å². The number of halogens is 1. The minimum Gasteiger partial charge on any atom is -0.336 e. The van der Waals surface area contributed by atoms with E-state index in [1.807, 2.05) is 42.1 Å². The van der Waals surface area contributed by atoms with Gasteiger partial charge in [0.05, 0.1) is 6.04 Å². The minimum atomic E-state index is -0.279. The summed E-state index contributed by atoms with van der Waals surface area (Å²) in [7, 11) is 1.92. The second-order valence-corrected chi connectivity index (χ2v) is 3.80. The summed E-state index contributed by atoms with van der Waals surface area (Å²) in [6.07, 6.45) is 3.60. The zero-order chi connectivity index (χ0) is 10.8. The van der Waals surface area contributed by atoms with Gasteiger partial charge in [0, 0.05) is 24.5 Å². The van der Waals surface area contributed by atoms with Crippen molar-refractivity contribution in [2.45, 2.75) is 6.04 Å². The molecule has 0 spiro atoms. The van der Waals surface area contributed by atoms with Crippen LogP contribution in [0, 0.1) is 0 Å². The molecule has 1 aromatic carbocycles. The number of aromatic nitrogens is 2. The molecule has 0 aliphatic carbocycles. The molecule has 0 saturated carbocycles. The average molecular weight is 222 g/mol. The van der Waals surface area contributed by atoms with Gasteiger partial charge in [-0.15, -0.1) is 0 Å². The molecule has 0 unspecified atom stereocenters. The first-order valence-electron chi connectivity index (χ1n) is 4.67. The van der Waals surface area contributed by atoms with E-state index in [1.165, 1.54) is 0 Å². The second-order valence-electron chi connectivity index (χ2n) is 3.40. The normalized spacial score (nSPS) is 12.7. The van der Waals surface area contributed by atoms with Crippen LogP contribution in [0.25, 0.3) is 0 Å². The summed E-state index contributed by atoms with van der Waals surface area (Å²) < 4.78 is 1.90. The summed E-state index contributed by atoms with van der Waals surface area (Å²) in [5, 5.41) is 0.674. The Morgan fingerprint density at radius 1 is 1.40 bits per heavy atom. The molecule has 0 aliphatic rings. The van der Waals surface area contributed by atoms with Gasteiger partial charge in [0.2, 0.25) is 0 Å². The van der Waals surface area contributed by atoms with Gasteiger partial charge in [0.25, 0.3) is 0 Å². The lowest BCUT2D eigenvalue weighted by Gasteiger charge is -2.13. The molecule has 0 fully saturated rings. The van der Waals surface area contributed by atoms with Gasteiger partial charge in [-0.05, 0) is 11.6 Å². The first kappa shape index (κ1) is 10.2. The molecule has 0 saturated heterocycles. The fourth-order valence-electron chi connectivity index (χ4n) is 1.54. The van der Waals surface area contributed by atoms with E-state index in [9.17, 15) is 0 Å². The van der Waals surface area contributed by atoms with Gasteiger partial charge >= 0.3 is 0 Å². The second kappa shape index (κ2) is 4.04. The van der Waals surface area contributed by atoms with Crippen LogP contribution < -0.4 is 5.73 Å². The van der Waals surface area contributed by atoms with Crippen molar-refractivity contribution in [3.63, 3.8) is 0 Å². The fourth-order valence-corrected chi connectivity index (χ4v) is 1.80. The zero-order valence-corrected chi connectivity index (χ0v) is 9.15. The van der Waals surface area contributed by atoms with Gasteiger partial charge in [-0.25, -0.2) is 4.98 Å². The maximum absolute atomic E-state index is 6.09. The lowest BCUT2D eigenvalue weighted by molar-refractivity contribution is 0.717. The lowest BCUT2D eigenvalue weighted by Crippen LogP contribution is -2.16. The number of benzene rings is 1. The van der Waals surface area contributed by atoms with Crippen molar-refractivity contribution >= 4 is 11.6 Å². The quantitative estimate of drug-likeness (QED) is 0.844. The van der Waals surface area contributed by atoms with Crippen molar-refractivity contribution in [1.29, 1.82) is 0 Å². The van der Waals surface area contributed by atoms with Crippen LogP contribution in [0.3, 0.4) is 0 Å². The Bertz CT molecular complexity index is 464. The van der Waals surface area contributed by atoms with Crippen LogP contribution in [-0.2, 0) is 7.05 Å². The molecule has 78 valence electrons. The van der Waals surface area contributed by atoms with Gasteiger partial charge in [0.15, 0.2) is 0 Å². The van der Waals surface area contributed by atoms with Crippen LogP contribution >= 0.6 is 11.6 Å². The van der Waals surface area contributed by atoms with Crippen LogP contribution in [0.4, 0.5) is 0 Å². The first-order valence-corrected chi connectivity index (χ1v) is 5.05. The predicted molar refractivity (Wildman–Crippen MR) is 60.7 cm³/mol. The minimum absolute atomic E-state index is 0.279. The van der Waals surface area contributed by atoms with E-state index >= 15 is 0 Å². The van der Waals surface area contributed by atoms with Crippen molar-refractivity contribution < 1.29 is 0 Å². The van der Waals surface area contributed by atoms with Gasteiger partial charge in [-0.1, -0.05) is 29.8 Å². The molecule has 2 N–H and O–H groups in total. The molecule has 0 bridgehead atoms. The Hall–Kier alpha value is -1.32. The van der Waals surface area contributed by atoms with E-state index in [0.29, 0.717) is 5.02 Å². The Morgan fingerprint density at radius 3 is 2.73 bits per heavy atom. The van der Waals surface area contributed by atoms with Crippen molar-refractivity contribution in [2.75, 3.05) is 0 Å². The van der Waals surface area contributed by atoms with Gasteiger partial charge < -0.3 is 10.3 Å². The smallest absolute Gasteiger partial charge is 0.130 e. The third-order valence-corrected chi connectivity index (χ3v) is 2.72. The van der Waals surface area contributed by atoms with Gasteiger partial charge in [-0.3, -0.25) is 0 Å². The topological polar surface area (TPSA) is 43.8 Å². The summed E-state index contributed by atoms with van der Waals surface area (Å²) in [6.45, 7) is 0. The number of hydrogen-bond donors (Lipinski definition) is 1. The van der Waals surface area contributed by atoms with Crippen LogP contribution in [-0.4, -0.2) is 9.55 Å². The highest BCUT2D eigenvalue weighted by Crippen LogP contribution is 2.24. The number of rotatable bonds is 2. The highest BCUT2D eigenvalue weighted by atomic mass is 35.5. The fraction of sp³-hybridized carbons (Fsp3) is 0.182. The number of imidazole rings is 1. The molecule has 1 aromatic heterocycles. The van der Waals surface area contributed by atoms with E-state index in [4.69, 9.17) is 17.3 Å². The third kappa shape index (κ3) is 1.89. The third-order valence-electron chi connectivity index (χ3n) is 2.38. The molecule has 1 atom stereocenters. The maximum atomic E-state index is 6.09.